The first kappa shape index (κ1) is 21.2. The van der Waals surface area contributed by atoms with Crippen LogP contribution in [0.25, 0.3) is 0 Å². The molecule has 1 aliphatic rings. The molecule has 0 bridgehead atoms. The fourth-order valence-electron chi connectivity index (χ4n) is 3.29. The molecule has 0 radical (unpaired) electrons. The van der Waals surface area contributed by atoms with Crippen LogP contribution in [0.3, 0.4) is 0 Å². The van der Waals surface area contributed by atoms with Crippen molar-refractivity contribution in [2.45, 2.75) is 58.7 Å². The monoisotopic (exact) mass is 377 g/mol. The number of esters is 1. The van der Waals surface area contributed by atoms with Crippen molar-refractivity contribution in [2.75, 3.05) is 19.7 Å². The molecular formula is C21H31NO5. The van der Waals surface area contributed by atoms with Crippen molar-refractivity contribution >= 4 is 12.1 Å². The fraction of sp³-hybridized carbons (Fsp3) is 0.619. The molecule has 1 aromatic rings. The van der Waals surface area contributed by atoms with E-state index in [1.165, 1.54) is 0 Å². The Labute approximate surface area is 161 Å². The zero-order chi connectivity index (χ0) is 19.9. The third kappa shape index (κ3) is 6.24. The second-order valence-corrected chi connectivity index (χ2v) is 8.14. The van der Waals surface area contributed by atoms with Crippen LogP contribution in [0.2, 0.25) is 0 Å². The van der Waals surface area contributed by atoms with Crippen LogP contribution >= 0.6 is 0 Å². The van der Waals surface area contributed by atoms with Gasteiger partial charge in [0.25, 0.3) is 0 Å². The Bertz CT molecular complexity index is 615. The molecule has 1 heterocycles. The molecule has 0 spiro atoms. The minimum Gasteiger partial charge on any atom is -0.460 e. The summed E-state index contributed by atoms with van der Waals surface area (Å²) < 4.78 is 11.0. The lowest BCUT2D eigenvalue weighted by Crippen LogP contribution is -2.48. The van der Waals surface area contributed by atoms with Crippen LogP contribution in [0.5, 0.6) is 0 Å². The normalized spacial score (nSPS) is 16.7. The van der Waals surface area contributed by atoms with Gasteiger partial charge in [0.1, 0.15) is 12.2 Å². The Morgan fingerprint density at radius 2 is 1.78 bits per heavy atom. The molecule has 0 saturated carbocycles. The average molecular weight is 377 g/mol. The summed E-state index contributed by atoms with van der Waals surface area (Å²) in [6.07, 6.45) is 1.77. The summed E-state index contributed by atoms with van der Waals surface area (Å²) in [6.45, 7) is 6.66. The average Bonchev–Trinajstić information content (AvgIpc) is 2.64. The summed E-state index contributed by atoms with van der Waals surface area (Å²) in [5, 5.41) is 9.23. The molecule has 1 amide bonds. The van der Waals surface area contributed by atoms with E-state index in [2.05, 4.69) is 0 Å². The lowest BCUT2D eigenvalue weighted by Gasteiger charge is -2.40. The molecule has 0 atom stereocenters. The highest BCUT2D eigenvalue weighted by atomic mass is 16.6. The third-order valence-corrected chi connectivity index (χ3v) is 4.83. The summed E-state index contributed by atoms with van der Waals surface area (Å²) >= 11 is 0. The number of hydrogen-bond acceptors (Lipinski definition) is 5. The maximum atomic E-state index is 12.9. The number of aliphatic hydroxyl groups excluding tert-OH is 1. The molecule has 0 unspecified atom stereocenters. The van der Waals surface area contributed by atoms with E-state index in [0.717, 1.165) is 5.56 Å². The number of likely N-dealkylation sites (tertiary alicyclic amines) is 1. The maximum absolute atomic E-state index is 12.9. The number of piperidine rings is 1. The Balaban J connectivity index is 1.98. The van der Waals surface area contributed by atoms with Crippen molar-refractivity contribution in [1.82, 2.24) is 4.90 Å². The molecular weight excluding hydrogens is 346 g/mol. The van der Waals surface area contributed by atoms with Gasteiger partial charge in [-0.05, 0) is 52.0 Å². The molecule has 1 aromatic carbocycles. The Morgan fingerprint density at radius 1 is 1.15 bits per heavy atom. The third-order valence-electron chi connectivity index (χ3n) is 4.83. The van der Waals surface area contributed by atoms with Gasteiger partial charge >= 0.3 is 12.1 Å². The van der Waals surface area contributed by atoms with E-state index in [0.29, 0.717) is 38.8 Å². The van der Waals surface area contributed by atoms with Crippen LogP contribution < -0.4 is 0 Å². The maximum Gasteiger partial charge on any atom is 0.410 e. The van der Waals surface area contributed by atoms with E-state index in [9.17, 15) is 14.7 Å². The lowest BCUT2D eigenvalue weighted by molar-refractivity contribution is -0.161. The number of carbonyl (C=O) groups excluding carboxylic acids is 2. The summed E-state index contributed by atoms with van der Waals surface area (Å²) in [5.74, 6) is -0.247. The number of nitrogens with zero attached hydrogens (tertiary/aromatic N) is 1. The molecule has 1 fully saturated rings. The van der Waals surface area contributed by atoms with Crippen molar-refractivity contribution < 1.29 is 24.2 Å². The first-order chi connectivity index (χ1) is 12.8. The van der Waals surface area contributed by atoms with Gasteiger partial charge in [0, 0.05) is 19.7 Å². The van der Waals surface area contributed by atoms with Gasteiger partial charge in [0.05, 0.1) is 5.41 Å². The second-order valence-electron chi connectivity index (χ2n) is 8.14. The minimum atomic E-state index is -0.657. The molecule has 6 nitrogen and oxygen atoms in total. The number of ether oxygens (including phenoxy) is 2. The van der Waals surface area contributed by atoms with Crippen LogP contribution in [0.1, 0.15) is 52.0 Å². The van der Waals surface area contributed by atoms with Crippen molar-refractivity contribution in [3.63, 3.8) is 0 Å². The van der Waals surface area contributed by atoms with Gasteiger partial charge in [-0.2, -0.15) is 0 Å². The molecule has 1 N–H and O–H groups in total. The van der Waals surface area contributed by atoms with Gasteiger partial charge in [0.15, 0.2) is 0 Å². The lowest BCUT2D eigenvalue weighted by atomic mass is 9.75. The number of aliphatic hydroxyl groups is 1. The van der Waals surface area contributed by atoms with E-state index in [-0.39, 0.29) is 25.3 Å². The number of carbonyl (C=O) groups is 2. The van der Waals surface area contributed by atoms with Crippen molar-refractivity contribution in [3.05, 3.63) is 35.9 Å². The van der Waals surface area contributed by atoms with Gasteiger partial charge in [0.2, 0.25) is 0 Å². The highest BCUT2D eigenvalue weighted by Gasteiger charge is 2.43. The molecule has 27 heavy (non-hydrogen) atoms. The van der Waals surface area contributed by atoms with Gasteiger partial charge in [-0.1, -0.05) is 30.3 Å². The first-order valence-corrected chi connectivity index (χ1v) is 9.56. The zero-order valence-electron chi connectivity index (χ0n) is 16.6. The summed E-state index contributed by atoms with van der Waals surface area (Å²) in [7, 11) is 0. The van der Waals surface area contributed by atoms with Crippen molar-refractivity contribution in [2.24, 2.45) is 5.41 Å². The molecule has 6 heteroatoms. The van der Waals surface area contributed by atoms with Crippen LogP contribution in [0.15, 0.2) is 30.3 Å². The SMILES string of the molecule is CC(C)(C)OC(=O)N1CCC(CCCO)(C(=O)OCc2ccccc2)CC1. The van der Waals surface area contributed by atoms with Crippen LogP contribution in [-0.4, -0.2) is 47.4 Å². The molecule has 1 saturated heterocycles. The number of hydrogen-bond donors (Lipinski definition) is 1. The van der Waals surface area contributed by atoms with E-state index in [1.54, 1.807) is 4.90 Å². The predicted molar refractivity (Wildman–Crippen MR) is 102 cm³/mol. The molecule has 1 aliphatic heterocycles. The highest BCUT2D eigenvalue weighted by Crippen LogP contribution is 2.38. The molecule has 0 aliphatic carbocycles. The van der Waals surface area contributed by atoms with Gasteiger partial charge < -0.3 is 19.5 Å². The van der Waals surface area contributed by atoms with Crippen LogP contribution in [-0.2, 0) is 20.9 Å². The quantitative estimate of drug-likeness (QED) is 0.768. The number of rotatable bonds is 6. The second kappa shape index (κ2) is 9.22. The summed E-state index contributed by atoms with van der Waals surface area (Å²) in [4.78, 5) is 26.8. The van der Waals surface area contributed by atoms with Crippen molar-refractivity contribution in [3.8, 4) is 0 Å². The smallest absolute Gasteiger partial charge is 0.410 e. The van der Waals surface area contributed by atoms with Gasteiger partial charge in [-0.25, -0.2) is 4.79 Å². The Morgan fingerprint density at radius 3 is 2.33 bits per heavy atom. The minimum absolute atomic E-state index is 0.0312. The van der Waals surface area contributed by atoms with E-state index < -0.39 is 11.0 Å². The molecule has 150 valence electrons. The largest absolute Gasteiger partial charge is 0.460 e. The Hall–Kier alpha value is -2.08. The van der Waals surface area contributed by atoms with Crippen molar-refractivity contribution in [1.29, 1.82) is 0 Å². The molecule has 2 rings (SSSR count). The summed E-state index contributed by atoms with van der Waals surface area (Å²) in [5.41, 5.74) is -0.262. The summed E-state index contributed by atoms with van der Waals surface area (Å²) in [6, 6.07) is 9.56. The standard InChI is InChI=1S/C21H31NO5/c1-20(2,3)27-19(25)22-13-11-21(12-14-22,10-7-15-23)18(24)26-16-17-8-5-4-6-9-17/h4-6,8-9,23H,7,10-16H2,1-3H3. The fourth-order valence-corrected chi connectivity index (χ4v) is 3.29. The van der Waals surface area contributed by atoms with E-state index >= 15 is 0 Å². The Kier molecular flexibility index (Phi) is 7.25. The van der Waals surface area contributed by atoms with Crippen LogP contribution in [0, 0.1) is 5.41 Å². The van der Waals surface area contributed by atoms with E-state index in [4.69, 9.17) is 9.47 Å². The van der Waals surface area contributed by atoms with Gasteiger partial charge in [-0.15, -0.1) is 0 Å². The number of benzene rings is 1. The first-order valence-electron chi connectivity index (χ1n) is 9.56. The highest BCUT2D eigenvalue weighted by molar-refractivity contribution is 5.77. The van der Waals surface area contributed by atoms with E-state index in [1.807, 2.05) is 51.1 Å². The molecule has 0 aromatic heterocycles. The zero-order valence-corrected chi connectivity index (χ0v) is 16.6. The van der Waals surface area contributed by atoms with Crippen LogP contribution in [0.4, 0.5) is 4.79 Å². The number of amides is 1. The van der Waals surface area contributed by atoms with Gasteiger partial charge in [-0.3, -0.25) is 4.79 Å². The topological polar surface area (TPSA) is 76.1 Å². The predicted octanol–water partition coefficient (Wildman–Crippen LogP) is 3.52.